The molecule has 1 aliphatic rings. The zero-order valence-electron chi connectivity index (χ0n) is 14.3. The molecule has 0 saturated heterocycles. The van der Waals surface area contributed by atoms with E-state index in [0.717, 1.165) is 38.2 Å². The fourth-order valence-electron chi connectivity index (χ4n) is 2.61. The van der Waals surface area contributed by atoms with E-state index >= 15 is 0 Å². The molecule has 5 heteroatoms. The molecule has 1 rings (SSSR count). The predicted molar refractivity (Wildman–Crippen MR) is 87.6 cm³/mol. The number of nitrogens with one attached hydrogen (secondary N) is 2. The highest BCUT2D eigenvalue weighted by atomic mass is 16.5. The first kappa shape index (κ1) is 18.2. The monoisotopic (exact) mass is 299 g/mol. The number of aliphatic imine (C=N–C) groups is 1. The van der Waals surface area contributed by atoms with Gasteiger partial charge in [0.1, 0.15) is 0 Å². The summed E-state index contributed by atoms with van der Waals surface area (Å²) < 4.78 is 5.55. The number of guanidine groups is 1. The van der Waals surface area contributed by atoms with Crippen molar-refractivity contribution in [1.29, 1.82) is 0 Å². The Bertz CT molecular complexity index is 318. The standard InChI is InChI=1S/C16H33N3O2/c1-6-17-15(18-11-14(21-5)16(2,3)4)19-12-7-9-13(20)10-8-12/h12-14,20H,6-11H2,1-5H3,(H2,17,18,19). The molecule has 0 amide bonds. The van der Waals surface area contributed by atoms with Crippen molar-refractivity contribution in [3.05, 3.63) is 0 Å². The molecule has 0 aromatic carbocycles. The molecular formula is C16H33N3O2. The van der Waals surface area contributed by atoms with Crippen LogP contribution in [0.2, 0.25) is 0 Å². The van der Waals surface area contributed by atoms with Crippen LogP contribution in [0.15, 0.2) is 4.99 Å². The van der Waals surface area contributed by atoms with Gasteiger partial charge in [-0.3, -0.25) is 4.99 Å². The van der Waals surface area contributed by atoms with Crippen molar-refractivity contribution in [2.75, 3.05) is 20.2 Å². The Balaban J connectivity index is 2.57. The van der Waals surface area contributed by atoms with Crippen molar-refractivity contribution in [1.82, 2.24) is 10.6 Å². The summed E-state index contributed by atoms with van der Waals surface area (Å²) in [4.78, 5) is 4.67. The Morgan fingerprint density at radius 1 is 1.29 bits per heavy atom. The molecule has 0 bridgehead atoms. The van der Waals surface area contributed by atoms with Crippen LogP contribution < -0.4 is 10.6 Å². The van der Waals surface area contributed by atoms with Crippen molar-refractivity contribution >= 4 is 5.96 Å². The molecular weight excluding hydrogens is 266 g/mol. The highest BCUT2D eigenvalue weighted by molar-refractivity contribution is 5.80. The van der Waals surface area contributed by atoms with Crippen LogP contribution >= 0.6 is 0 Å². The maximum atomic E-state index is 9.57. The second kappa shape index (κ2) is 8.59. The van der Waals surface area contributed by atoms with Crippen molar-refractivity contribution in [3.8, 4) is 0 Å². The summed E-state index contributed by atoms with van der Waals surface area (Å²) in [6, 6.07) is 0.404. The number of methoxy groups -OCH3 is 1. The van der Waals surface area contributed by atoms with Gasteiger partial charge < -0.3 is 20.5 Å². The lowest BCUT2D eigenvalue weighted by atomic mass is 9.89. The summed E-state index contributed by atoms with van der Waals surface area (Å²) in [5.74, 6) is 0.852. The van der Waals surface area contributed by atoms with E-state index in [9.17, 15) is 5.11 Å². The molecule has 0 heterocycles. The summed E-state index contributed by atoms with van der Waals surface area (Å²) in [5, 5.41) is 16.3. The van der Waals surface area contributed by atoms with Gasteiger partial charge >= 0.3 is 0 Å². The lowest BCUT2D eigenvalue weighted by molar-refractivity contribution is 0.0241. The normalized spacial score (nSPS) is 25.5. The molecule has 0 aromatic heterocycles. The third kappa shape index (κ3) is 6.66. The highest BCUT2D eigenvalue weighted by Gasteiger charge is 2.24. The van der Waals surface area contributed by atoms with Crippen LogP contribution in [0.4, 0.5) is 0 Å². The van der Waals surface area contributed by atoms with Crippen LogP contribution in [-0.2, 0) is 4.74 Å². The van der Waals surface area contributed by atoms with Crippen LogP contribution in [0.25, 0.3) is 0 Å². The van der Waals surface area contributed by atoms with Crippen molar-refractivity contribution in [3.63, 3.8) is 0 Å². The number of rotatable bonds is 5. The number of hydrogen-bond acceptors (Lipinski definition) is 3. The first-order chi connectivity index (χ1) is 9.86. The van der Waals surface area contributed by atoms with Crippen LogP contribution in [0.5, 0.6) is 0 Å². The van der Waals surface area contributed by atoms with E-state index in [0.29, 0.717) is 12.6 Å². The first-order valence-corrected chi connectivity index (χ1v) is 8.12. The Hall–Kier alpha value is -0.810. The Labute approximate surface area is 129 Å². The van der Waals surface area contributed by atoms with Crippen molar-refractivity contribution in [2.24, 2.45) is 10.4 Å². The van der Waals surface area contributed by atoms with Gasteiger partial charge in [-0.15, -0.1) is 0 Å². The van der Waals surface area contributed by atoms with Crippen LogP contribution in [0.1, 0.15) is 53.4 Å². The second-order valence-corrected chi connectivity index (χ2v) is 6.96. The van der Waals surface area contributed by atoms with Gasteiger partial charge in [0, 0.05) is 19.7 Å². The lowest BCUT2D eigenvalue weighted by Gasteiger charge is -2.30. The predicted octanol–water partition coefficient (Wildman–Crippen LogP) is 1.91. The molecule has 0 aromatic rings. The van der Waals surface area contributed by atoms with Gasteiger partial charge in [-0.25, -0.2) is 0 Å². The van der Waals surface area contributed by atoms with E-state index in [1.165, 1.54) is 0 Å². The maximum absolute atomic E-state index is 9.57. The molecule has 3 N–H and O–H groups in total. The summed E-state index contributed by atoms with van der Waals surface area (Å²) in [6.45, 7) is 10.1. The molecule has 21 heavy (non-hydrogen) atoms. The molecule has 1 atom stereocenters. The molecule has 5 nitrogen and oxygen atoms in total. The molecule has 124 valence electrons. The van der Waals surface area contributed by atoms with Crippen molar-refractivity contribution in [2.45, 2.75) is 71.6 Å². The minimum Gasteiger partial charge on any atom is -0.393 e. The summed E-state index contributed by atoms with van der Waals surface area (Å²) in [6.07, 6.45) is 3.72. The van der Waals surface area contributed by atoms with E-state index in [-0.39, 0.29) is 17.6 Å². The number of ether oxygens (including phenoxy) is 1. The summed E-state index contributed by atoms with van der Waals surface area (Å²) in [7, 11) is 1.74. The zero-order valence-corrected chi connectivity index (χ0v) is 14.3. The van der Waals surface area contributed by atoms with Gasteiger partial charge in [0.15, 0.2) is 5.96 Å². The van der Waals surface area contributed by atoms with Gasteiger partial charge in [-0.2, -0.15) is 0 Å². The van der Waals surface area contributed by atoms with E-state index in [4.69, 9.17) is 4.74 Å². The Morgan fingerprint density at radius 3 is 2.38 bits per heavy atom. The van der Waals surface area contributed by atoms with Gasteiger partial charge in [0.05, 0.1) is 18.8 Å². The minimum atomic E-state index is -0.124. The molecule has 0 aliphatic heterocycles. The van der Waals surface area contributed by atoms with E-state index in [1.54, 1.807) is 7.11 Å². The molecule has 0 spiro atoms. The van der Waals surface area contributed by atoms with Crippen LogP contribution in [0.3, 0.4) is 0 Å². The average Bonchev–Trinajstić information content (AvgIpc) is 2.40. The van der Waals surface area contributed by atoms with Gasteiger partial charge in [-0.05, 0) is 38.0 Å². The third-order valence-electron chi connectivity index (χ3n) is 4.05. The fourth-order valence-corrected chi connectivity index (χ4v) is 2.61. The number of aliphatic hydroxyl groups excluding tert-OH is 1. The van der Waals surface area contributed by atoms with Gasteiger partial charge in [0.2, 0.25) is 0 Å². The maximum Gasteiger partial charge on any atom is 0.191 e. The second-order valence-electron chi connectivity index (χ2n) is 6.96. The summed E-state index contributed by atoms with van der Waals surface area (Å²) in [5.41, 5.74) is 0.0739. The van der Waals surface area contributed by atoms with Gasteiger partial charge in [-0.1, -0.05) is 20.8 Å². The smallest absolute Gasteiger partial charge is 0.191 e. The molecule has 1 aliphatic carbocycles. The average molecular weight is 299 g/mol. The number of hydrogen-bond donors (Lipinski definition) is 3. The van der Waals surface area contributed by atoms with Gasteiger partial charge in [0.25, 0.3) is 0 Å². The molecule has 1 unspecified atom stereocenters. The summed E-state index contributed by atoms with van der Waals surface area (Å²) >= 11 is 0. The highest BCUT2D eigenvalue weighted by Crippen LogP contribution is 2.22. The Morgan fingerprint density at radius 2 is 1.90 bits per heavy atom. The van der Waals surface area contributed by atoms with E-state index in [1.807, 2.05) is 0 Å². The van der Waals surface area contributed by atoms with E-state index in [2.05, 4.69) is 43.3 Å². The lowest BCUT2D eigenvalue weighted by Crippen LogP contribution is -2.46. The van der Waals surface area contributed by atoms with Crippen molar-refractivity contribution < 1.29 is 9.84 Å². The molecule has 0 radical (unpaired) electrons. The van der Waals surface area contributed by atoms with Crippen LogP contribution in [-0.4, -0.2) is 49.5 Å². The van der Waals surface area contributed by atoms with E-state index < -0.39 is 0 Å². The molecule has 1 fully saturated rings. The number of aliphatic hydroxyl groups is 1. The quantitative estimate of drug-likeness (QED) is 0.536. The fraction of sp³-hybridized carbons (Fsp3) is 0.938. The SMILES string of the molecule is CCNC(=NCC(OC)C(C)(C)C)NC1CCC(O)CC1. The topological polar surface area (TPSA) is 65.9 Å². The largest absolute Gasteiger partial charge is 0.393 e. The number of nitrogens with zero attached hydrogens (tertiary/aromatic N) is 1. The molecule has 1 saturated carbocycles. The van der Waals surface area contributed by atoms with Crippen LogP contribution in [0, 0.1) is 5.41 Å². The Kier molecular flexibility index (Phi) is 7.46. The third-order valence-corrected chi connectivity index (χ3v) is 4.05. The zero-order chi connectivity index (χ0) is 15.9. The minimum absolute atomic E-state index is 0.0739. The first-order valence-electron chi connectivity index (χ1n) is 8.12.